The number of aromatic nitrogens is 1. The molecule has 1 aromatic heterocycles. The highest BCUT2D eigenvalue weighted by Gasteiger charge is 2.23. The Morgan fingerprint density at radius 2 is 2.00 bits per heavy atom. The van der Waals surface area contributed by atoms with Gasteiger partial charge in [0.05, 0.1) is 0 Å². The highest BCUT2D eigenvalue weighted by Crippen LogP contribution is 2.30. The van der Waals surface area contributed by atoms with Crippen LogP contribution in [0.2, 0.25) is 0 Å². The van der Waals surface area contributed by atoms with Gasteiger partial charge in [-0.15, -0.1) is 0 Å². The quantitative estimate of drug-likeness (QED) is 0.791. The molecule has 1 saturated carbocycles. The van der Waals surface area contributed by atoms with E-state index in [1.54, 1.807) is 0 Å². The summed E-state index contributed by atoms with van der Waals surface area (Å²) in [5.41, 5.74) is 3.63. The van der Waals surface area contributed by atoms with E-state index < -0.39 is 0 Å². The molecule has 0 spiro atoms. The lowest BCUT2D eigenvalue weighted by Gasteiger charge is -2.17. The van der Waals surface area contributed by atoms with Crippen LogP contribution >= 0.6 is 0 Å². The van der Waals surface area contributed by atoms with E-state index >= 15 is 0 Å². The molecule has 18 heavy (non-hydrogen) atoms. The SMILES string of the molecule is Cc1cc2c(n1CCC1CCCC1)CCCC2=O. The molecule has 2 aliphatic carbocycles. The molecule has 0 bridgehead atoms. The van der Waals surface area contributed by atoms with Gasteiger partial charge in [0.2, 0.25) is 0 Å². The summed E-state index contributed by atoms with van der Waals surface area (Å²) in [5.74, 6) is 1.29. The van der Waals surface area contributed by atoms with E-state index in [-0.39, 0.29) is 0 Å². The van der Waals surface area contributed by atoms with Gasteiger partial charge in [-0.1, -0.05) is 25.7 Å². The van der Waals surface area contributed by atoms with Crippen molar-refractivity contribution in [2.24, 2.45) is 5.92 Å². The van der Waals surface area contributed by atoms with Crippen LogP contribution in [-0.2, 0) is 13.0 Å². The molecule has 2 heteroatoms. The summed E-state index contributed by atoms with van der Waals surface area (Å²) in [6, 6.07) is 2.12. The summed E-state index contributed by atoms with van der Waals surface area (Å²) in [6.07, 6.45) is 9.87. The molecule has 2 nitrogen and oxygen atoms in total. The number of nitrogens with zero attached hydrogens (tertiary/aromatic N) is 1. The first-order valence-electron chi connectivity index (χ1n) is 7.48. The van der Waals surface area contributed by atoms with Crippen molar-refractivity contribution < 1.29 is 4.79 Å². The molecule has 1 heterocycles. The normalized spacial score (nSPS) is 20.4. The van der Waals surface area contributed by atoms with E-state index in [1.807, 2.05) is 0 Å². The van der Waals surface area contributed by atoms with E-state index in [4.69, 9.17) is 0 Å². The maximum Gasteiger partial charge on any atom is 0.164 e. The van der Waals surface area contributed by atoms with Gasteiger partial charge in [0.15, 0.2) is 5.78 Å². The number of carbonyl (C=O) groups excluding carboxylic acids is 1. The predicted molar refractivity (Wildman–Crippen MR) is 73.0 cm³/mol. The Bertz CT molecular complexity index is 452. The third-order valence-electron chi connectivity index (χ3n) is 4.77. The first kappa shape index (κ1) is 12.0. The van der Waals surface area contributed by atoms with Gasteiger partial charge in [0, 0.05) is 29.9 Å². The van der Waals surface area contributed by atoms with Crippen LogP contribution in [-0.4, -0.2) is 10.4 Å². The third-order valence-corrected chi connectivity index (χ3v) is 4.77. The Balaban J connectivity index is 1.76. The van der Waals surface area contributed by atoms with Gasteiger partial charge < -0.3 is 4.57 Å². The van der Waals surface area contributed by atoms with Crippen LogP contribution in [0.4, 0.5) is 0 Å². The molecular weight excluding hydrogens is 222 g/mol. The molecule has 0 saturated heterocycles. The van der Waals surface area contributed by atoms with Gasteiger partial charge in [-0.05, 0) is 38.2 Å². The molecule has 2 aliphatic rings. The lowest BCUT2D eigenvalue weighted by Crippen LogP contribution is -2.14. The summed E-state index contributed by atoms with van der Waals surface area (Å²) in [7, 11) is 0. The number of Topliss-reactive ketones (excluding diaryl/α,β-unsaturated/α-hetero) is 1. The third kappa shape index (κ3) is 2.13. The topological polar surface area (TPSA) is 22.0 Å². The maximum atomic E-state index is 11.9. The lowest BCUT2D eigenvalue weighted by atomic mass is 9.96. The standard InChI is InChI=1S/C16H23NO/c1-12-11-14-15(7-4-8-16(14)18)17(12)10-9-13-5-2-3-6-13/h11,13H,2-10H2,1H3. The minimum Gasteiger partial charge on any atom is -0.348 e. The van der Waals surface area contributed by atoms with Crippen molar-refractivity contribution in [2.75, 3.05) is 0 Å². The summed E-state index contributed by atoms with van der Waals surface area (Å²) in [4.78, 5) is 11.9. The van der Waals surface area contributed by atoms with Gasteiger partial charge >= 0.3 is 0 Å². The average Bonchev–Trinajstić information content (AvgIpc) is 2.95. The van der Waals surface area contributed by atoms with Crippen molar-refractivity contribution in [2.45, 2.75) is 64.8 Å². The number of hydrogen-bond donors (Lipinski definition) is 0. The first-order valence-corrected chi connectivity index (χ1v) is 7.48. The van der Waals surface area contributed by atoms with Gasteiger partial charge in [-0.2, -0.15) is 0 Å². The first-order chi connectivity index (χ1) is 8.75. The summed E-state index contributed by atoms with van der Waals surface area (Å²) in [6.45, 7) is 3.28. The molecule has 1 aromatic rings. The molecule has 98 valence electrons. The van der Waals surface area contributed by atoms with E-state index in [9.17, 15) is 4.79 Å². The molecule has 0 unspecified atom stereocenters. The van der Waals surface area contributed by atoms with E-state index in [0.29, 0.717) is 5.78 Å². The van der Waals surface area contributed by atoms with Crippen molar-refractivity contribution in [3.8, 4) is 0 Å². The second kappa shape index (κ2) is 4.91. The summed E-state index contributed by atoms with van der Waals surface area (Å²) < 4.78 is 2.42. The second-order valence-corrected chi connectivity index (χ2v) is 6.01. The molecule has 0 N–H and O–H groups in total. The van der Waals surface area contributed by atoms with Crippen molar-refractivity contribution >= 4 is 5.78 Å². The Morgan fingerprint density at radius 1 is 1.22 bits per heavy atom. The zero-order valence-electron chi connectivity index (χ0n) is 11.4. The average molecular weight is 245 g/mol. The number of ketones is 1. The van der Waals surface area contributed by atoms with E-state index in [2.05, 4.69) is 17.6 Å². The van der Waals surface area contributed by atoms with Crippen LogP contribution in [0.1, 0.15) is 66.7 Å². The molecule has 0 amide bonds. The second-order valence-electron chi connectivity index (χ2n) is 6.01. The number of hydrogen-bond acceptors (Lipinski definition) is 1. The smallest absolute Gasteiger partial charge is 0.164 e. The predicted octanol–water partition coefficient (Wildman–Crippen LogP) is 3.90. The van der Waals surface area contributed by atoms with Crippen LogP contribution in [0.25, 0.3) is 0 Å². The van der Waals surface area contributed by atoms with Gasteiger partial charge in [-0.25, -0.2) is 0 Å². The molecule has 3 rings (SSSR count). The Hall–Kier alpha value is -1.05. The fraction of sp³-hybridized carbons (Fsp3) is 0.688. The molecule has 0 atom stereocenters. The summed E-state index contributed by atoms with van der Waals surface area (Å²) >= 11 is 0. The molecule has 0 aromatic carbocycles. The zero-order valence-corrected chi connectivity index (χ0v) is 11.4. The maximum absolute atomic E-state index is 11.9. The van der Waals surface area contributed by atoms with Crippen molar-refractivity contribution in [1.82, 2.24) is 4.57 Å². The summed E-state index contributed by atoms with van der Waals surface area (Å²) in [5, 5.41) is 0. The molecule has 0 radical (unpaired) electrons. The molecular formula is C16H23NO. The van der Waals surface area contributed by atoms with E-state index in [0.717, 1.165) is 37.3 Å². The van der Waals surface area contributed by atoms with Crippen LogP contribution in [0, 0.1) is 12.8 Å². The minimum atomic E-state index is 0.360. The molecule has 1 fully saturated rings. The van der Waals surface area contributed by atoms with E-state index in [1.165, 1.54) is 43.5 Å². The van der Waals surface area contributed by atoms with Crippen LogP contribution in [0.5, 0.6) is 0 Å². The number of carbonyl (C=O) groups is 1. The van der Waals surface area contributed by atoms with Gasteiger partial charge in [0.1, 0.15) is 0 Å². The Labute approximate surface area is 109 Å². The van der Waals surface area contributed by atoms with Gasteiger partial charge in [0.25, 0.3) is 0 Å². The van der Waals surface area contributed by atoms with Crippen molar-refractivity contribution in [1.29, 1.82) is 0 Å². The Kier molecular flexibility index (Phi) is 3.27. The number of fused-ring (bicyclic) bond motifs is 1. The van der Waals surface area contributed by atoms with Crippen LogP contribution in [0.15, 0.2) is 6.07 Å². The minimum absolute atomic E-state index is 0.360. The monoisotopic (exact) mass is 245 g/mol. The highest BCUT2D eigenvalue weighted by atomic mass is 16.1. The van der Waals surface area contributed by atoms with Crippen molar-refractivity contribution in [3.63, 3.8) is 0 Å². The largest absolute Gasteiger partial charge is 0.348 e. The Morgan fingerprint density at radius 3 is 2.78 bits per heavy atom. The molecule has 0 aliphatic heterocycles. The fourth-order valence-corrected chi connectivity index (χ4v) is 3.71. The number of aryl methyl sites for hydroxylation is 1. The highest BCUT2D eigenvalue weighted by molar-refractivity contribution is 5.98. The van der Waals surface area contributed by atoms with Crippen molar-refractivity contribution in [3.05, 3.63) is 23.0 Å². The van der Waals surface area contributed by atoms with Crippen LogP contribution < -0.4 is 0 Å². The fourth-order valence-electron chi connectivity index (χ4n) is 3.71. The lowest BCUT2D eigenvalue weighted by molar-refractivity contribution is 0.0971. The number of rotatable bonds is 3. The zero-order chi connectivity index (χ0) is 12.5. The van der Waals surface area contributed by atoms with Gasteiger partial charge in [-0.3, -0.25) is 4.79 Å². The van der Waals surface area contributed by atoms with Crippen LogP contribution in [0.3, 0.4) is 0 Å².